The molecule has 2 N–H and O–H groups in total. The van der Waals surface area contributed by atoms with Gasteiger partial charge in [0.05, 0.1) is 4.47 Å². The lowest BCUT2D eigenvalue weighted by atomic mass is 10.4. The van der Waals surface area contributed by atoms with Crippen molar-refractivity contribution in [3.8, 4) is 0 Å². The van der Waals surface area contributed by atoms with E-state index in [1.807, 2.05) is 0 Å². The zero-order chi connectivity index (χ0) is 7.98. The summed E-state index contributed by atoms with van der Waals surface area (Å²) in [6, 6.07) is 6.49. The summed E-state index contributed by atoms with van der Waals surface area (Å²) in [6.07, 6.45) is 0. The van der Waals surface area contributed by atoms with Crippen molar-refractivity contribution in [3.63, 3.8) is 0 Å². The van der Waals surface area contributed by atoms with E-state index >= 15 is 0 Å². The molecule has 0 heterocycles. The Hall–Kier alpha value is -0.410. The lowest BCUT2D eigenvalue weighted by Crippen LogP contribution is -1.70. The van der Waals surface area contributed by atoms with E-state index in [2.05, 4.69) is 21.7 Å². The summed E-state index contributed by atoms with van der Waals surface area (Å²) < 4.78 is 12.8. The van der Waals surface area contributed by atoms with E-state index in [0.29, 0.717) is 4.47 Å². The minimum Gasteiger partial charge on any atom is -0.333 e. The molecule has 0 radical (unpaired) electrons. The molecule has 1 aromatic carbocycles. The summed E-state index contributed by atoms with van der Waals surface area (Å²) in [5, 5.41) is 0. The number of rotatable bonds is 0. The smallest absolute Gasteiger partial charge is 0.137 e. The van der Waals surface area contributed by atoms with Crippen LogP contribution in [0.25, 0.3) is 0 Å². The Balaban J connectivity index is 0.000000371. The predicted octanol–water partition coefficient (Wildman–Crippen LogP) is 2.16. The first-order valence-electron chi connectivity index (χ1n) is 2.78. The van der Waals surface area contributed by atoms with Crippen molar-refractivity contribution in [2.75, 3.05) is 7.05 Å². The van der Waals surface area contributed by atoms with Gasteiger partial charge in [0.15, 0.2) is 0 Å². The SMILES string of the molecule is CN.Fc1ccccc1Br. The van der Waals surface area contributed by atoms with Crippen molar-refractivity contribution in [2.45, 2.75) is 0 Å². The van der Waals surface area contributed by atoms with Crippen molar-refractivity contribution in [1.82, 2.24) is 0 Å². The third-order valence-electron chi connectivity index (χ3n) is 0.824. The molecule has 0 bridgehead atoms. The van der Waals surface area contributed by atoms with Crippen LogP contribution in [-0.4, -0.2) is 7.05 Å². The largest absolute Gasteiger partial charge is 0.333 e. The van der Waals surface area contributed by atoms with Gasteiger partial charge in [0, 0.05) is 0 Å². The number of hydrogen-bond donors (Lipinski definition) is 1. The Morgan fingerprint density at radius 1 is 1.30 bits per heavy atom. The molecule has 0 fully saturated rings. The van der Waals surface area contributed by atoms with Gasteiger partial charge in [-0.25, -0.2) is 4.39 Å². The fourth-order valence-electron chi connectivity index (χ4n) is 0.439. The fraction of sp³-hybridized carbons (Fsp3) is 0.143. The quantitative estimate of drug-likeness (QED) is 0.691. The van der Waals surface area contributed by atoms with Crippen LogP contribution in [0.2, 0.25) is 0 Å². The Labute approximate surface area is 68.2 Å². The Morgan fingerprint density at radius 2 is 1.80 bits per heavy atom. The highest BCUT2D eigenvalue weighted by Gasteiger charge is 1.90. The molecule has 10 heavy (non-hydrogen) atoms. The topological polar surface area (TPSA) is 26.0 Å². The van der Waals surface area contributed by atoms with E-state index in [9.17, 15) is 4.39 Å². The van der Waals surface area contributed by atoms with E-state index in [0.717, 1.165) is 0 Å². The molecule has 56 valence electrons. The molecular formula is C7H9BrFN. The molecule has 0 spiro atoms. The number of nitrogens with two attached hydrogens (primary N) is 1. The summed E-state index contributed by atoms with van der Waals surface area (Å²) in [5.74, 6) is -0.215. The zero-order valence-electron chi connectivity index (χ0n) is 5.64. The summed E-state index contributed by atoms with van der Waals surface area (Å²) in [6.45, 7) is 0. The summed E-state index contributed by atoms with van der Waals surface area (Å²) >= 11 is 3.02. The standard InChI is InChI=1S/C6H4BrF.CH5N/c7-5-3-1-2-4-6(5)8;1-2/h1-4H;2H2,1H3. The maximum atomic E-state index is 12.3. The fourth-order valence-corrected chi connectivity index (χ4v) is 0.724. The lowest BCUT2D eigenvalue weighted by Gasteiger charge is -1.87. The minimum atomic E-state index is -0.215. The van der Waals surface area contributed by atoms with Gasteiger partial charge in [-0.1, -0.05) is 12.1 Å². The molecule has 0 saturated carbocycles. The van der Waals surface area contributed by atoms with E-state index in [-0.39, 0.29) is 5.82 Å². The molecule has 0 aliphatic heterocycles. The maximum absolute atomic E-state index is 12.3. The van der Waals surface area contributed by atoms with Crippen molar-refractivity contribution in [3.05, 3.63) is 34.6 Å². The summed E-state index contributed by atoms with van der Waals surface area (Å²) in [4.78, 5) is 0. The number of halogens is 2. The zero-order valence-corrected chi connectivity index (χ0v) is 7.23. The van der Waals surface area contributed by atoms with Crippen molar-refractivity contribution < 1.29 is 4.39 Å². The van der Waals surface area contributed by atoms with Gasteiger partial charge < -0.3 is 5.73 Å². The van der Waals surface area contributed by atoms with Crippen molar-refractivity contribution >= 4 is 15.9 Å². The van der Waals surface area contributed by atoms with Crippen LogP contribution >= 0.6 is 15.9 Å². The van der Waals surface area contributed by atoms with Gasteiger partial charge in [-0.2, -0.15) is 0 Å². The van der Waals surface area contributed by atoms with Crippen LogP contribution in [0.15, 0.2) is 28.7 Å². The van der Waals surface area contributed by atoms with Crippen LogP contribution in [-0.2, 0) is 0 Å². The molecule has 1 aromatic rings. The molecule has 0 saturated heterocycles. The Kier molecular flexibility index (Phi) is 5.16. The molecular weight excluding hydrogens is 197 g/mol. The van der Waals surface area contributed by atoms with Gasteiger partial charge in [0.25, 0.3) is 0 Å². The monoisotopic (exact) mass is 205 g/mol. The van der Waals surface area contributed by atoms with Crippen LogP contribution in [0.1, 0.15) is 0 Å². The molecule has 0 atom stereocenters. The minimum absolute atomic E-state index is 0.215. The first-order chi connectivity index (χ1) is 4.80. The van der Waals surface area contributed by atoms with Crippen LogP contribution in [0.5, 0.6) is 0 Å². The van der Waals surface area contributed by atoms with Gasteiger partial charge in [0.2, 0.25) is 0 Å². The second kappa shape index (κ2) is 5.38. The van der Waals surface area contributed by atoms with Crippen LogP contribution in [0, 0.1) is 5.82 Å². The average molecular weight is 206 g/mol. The van der Waals surface area contributed by atoms with Crippen LogP contribution in [0.3, 0.4) is 0 Å². The first kappa shape index (κ1) is 9.59. The summed E-state index contributed by atoms with van der Waals surface area (Å²) in [5.41, 5.74) is 4.50. The highest BCUT2D eigenvalue weighted by molar-refractivity contribution is 9.10. The third kappa shape index (κ3) is 2.94. The van der Waals surface area contributed by atoms with Crippen molar-refractivity contribution in [2.24, 2.45) is 5.73 Å². The van der Waals surface area contributed by atoms with Gasteiger partial charge in [0.1, 0.15) is 5.82 Å². The molecule has 0 aliphatic rings. The summed E-state index contributed by atoms with van der Waals surface area (Å²) in [7, 11) is 1.50. The van der Waals surface area contributed by atoms with E-state index in [1.165, 1.54) is 13.1 Å². The third-order valence-corrected chi connectivity index (χ3v) is 1.47. The normalized spacial score (nSPS) is 8.00. The predicted molar refractivity (Wildman–Crippen MR) is 44.2 cm³/mol. The molecule has 1 rings (SSSR count). The molecule has 1 nitrogen and oxygen atoms in total. The Bertz CT molecular complexity index is 170. The van der Waals surface area contributed by atoms with Crippen LogP contribution in [0.4, 0.5) is 4.39 Å². The van der Waals surface area contributed by atoms with E-state index < -0.39 is 0 Å². The highest BCUT2D eigenvalue weighted by Crippen LogP contribution is 2.12. The molecule has 3 heteroatoms. The highest BCUT2D eigenvalue weighted by atomic mass is 79.9. The van der Waals surface area contributed by atoms with E-state index in [1.54, 1.807) is 18.2 Å². The Morgan fingerprint density at radius 3 is 2.10 bits per heavy atom. The van der Waals surface area contributed by atoms with Gasteiger partial charge >= 0.3 is 0 Å². The molecule has 0 unspecified atom stereocenters. The second-order valence-electron chi connectivity index (χ2n) is 1.41. The van der Waals surface area contributed by atoms with Crippen molar-refractivity contribution in [1.29, 1.82) is 0 Å². The number of benzene rings is 1. The van der Waals surface area contributed by atoms with Gasteiger partial charge in [-0.05, 0) is 35.1 Å². The van der Waals surface area contributed by atoms with Gasteiger partial charge in [-0.3, -0.25) is 0 Å². The average Bonchev–Trinajstić information content (AvgIpc) is 2.00. The molecule has 0 amide bonds. The second-order valence-corrected chi connectivity index (χ2v) is 2.27. The number of hydrogen-bond acceptors (Lipinski definition) is 1. The lowest BCUT2D eigenvalue weighted by molar-refractivity contribution is 0.621. The van der Waals surface area contributed by atoms with Gasteiger partial charge in [-0.15, -0.1) is 0 Å². The maximum Gasteiger partial charge on any atom is 0.137 e. The van der Waals surface area contributed by atoms with Crippen LogP contribution < -0.4 is 5.73 Å². The first-order valence-corrected chi connectivity index (χ1v) is 3.58. The van der Waals surface area contributed by atoms with E-state index in [4.69, 9.17) is 0 Å². The molecule has 0 aliphatic carbocycles. The molecule has 0 aromatic heterocycles.